The number of rotatable bonds is 5. The number of ether oxygens (including phenoxy) is 1. The number of hydrogen-bond acceptors (Lipinski definition) is 3. The summed E-state index contributed by atoms with van der Waals surface area (Å²) in [4.78, 5) is 4.47. The Morgan fingerprint density at radius 1 is 1.45 bits per heavy atom. The molecule has 1 saturated heterocycles. The summed E-state index contributed by atoms with van der Waals surface area (Å²) in [6.07, 6.45) is 3.90. The number of guanidine groups is 1. The van der Waals surface area contributed by atoms with Crippen molar-refractivity contribution in [1.29, 1.82) is 0 Å². The molecule has 1 unspecified atom stereocenters. The molecule has 3 N–H and O–H groups in total. The SMILES string of the molecule is COCc1ccccc1NC(N)=NCC1CCCCS1. The van der Waals surface area contributed by atoms with Crippen LogP contribution in [-0.4, -0.2) is 30.6 Å². The molecule has 0 aromatic heterocycles. The fourth-order valence-electron chi connectivity index (χ4n) is 2.25. The summed E-state index contributed by atoms with van der Waals surface area (Å²) in [5.41, 5.74) is 8.02. The molecule has 110 valence electrons. The van der Waals surface area contributed by atoms with E-state index < -0.39 is 0 Å². The van der Waals surface area contributed by atoms with Gasteiger partial charge < -0.3 is 15.8 Å². The lowest BCUT2D eigenvalue weighted by Crippen LogP contribution is -2.25. The van der Waals surface area contributed by atoms with Crippen LogP contribution in [0.25, 0.3) is 0 Å². The summed E-state index contributed by atoms with van der Waals surface area (Å²) in [6, 6.07) is 7.99. The predicted octanol–water partition coefficient (Wildman–Crippen LogP) is 2.85. The fourth-order valence-corrected chi connectivity index (χ4v) is 3.47. The highest BCUT2D eigenvalue weighted by Crippen LogP contribution is 2.25. The Kier molecular flexibility index (Phi) is 6.21. The molecule has 4 nitrogen and oxygen atoms in total. The Balaban J connectivity index is 1.91. The molecule has 0 saturated carbocycles. The number of hydrogen-bond donors (Lipinski definition) is 2. The number of thioether (sulfide) groups is 1. The molecule has 1 aromatic rings. The van der Waals surface area contributed by atoms with Crippen LogP contribution in [0.1, 0.15) is 24.8 Å². The standard InChI is InChI=1S/C15H23N3OS/c1-19-11-12-6-2-3-8-14(12)18-15(16)17-10-13-7-4-5-9-20-13/h2-3,6,8,13H,4-5,7,9-11H2,1H3,(H3,16,17,18). The highest BCUT2D eigenvalue weighted by atomic mass is 32.2. The second kappa shape index (κ2) is 8.17. The number of nitrogens with zero attached hydrogens (tertiary/aromatic N) is 1. The fraction of sp³-hybridized carbons (Fsp3) is 0.533. The molecule has 5 heteroatoms. The van der Waals surface area contributed by atoms with Crippen LogP contribution in [0, 0.1) is 0 Å². The van der Waals surface area contributed by atoms with E-state index in [2.05, 4.69) is 10.3 Å². The second-order valence-corrected chi connectivity index (χ2v) is 6.34. The summed E-state index contributed by atoms with van der Waals surface area (Å²) in [5.74, 6) is 1.74. The van der Waals surface area contributed by atoms with Crippen LogP contribution in [0.2, 0.25) is 0 Å². The van der Waals surface area contributed by atoms with E-state index in [-0.39, 0.29) is 0 Å². The van der Waals surface area contributed by atoms with Crippen LogP contribution < -0.4 is 11.1 Å². The molecule has 20 heavy (non-hydrogen) atoms. The molecule has 1 aliphatic rings. The molecule has 0 aliphatic carbocycles. The van der Waals surface area contributed by atoms with Crippen molar-refractivity contribution in [3.63, 3.8) is 0 Å². The molecule has 0 bridgehead atoms. The highest BCUT2D eigenvalue weighted by molar-refractivity contribution is 7.99. The normalized spacial score (nSPS) is 19.9. The Morgan fingerprint density at radius 2 is 2.30 bits per heavy atom. The summed E-state index contributed by atoms with van der Waals surface area (Å²) in [7, 11) is 1.69. The van der Waals surface area contributed by atoms with Gasteiger partial charge in [-0.25, -0.2) is 0 Å². The van der Waals surface area contributed by atoms with Crippen molar-refractivity contribution in [2.24, 2.45) is 10.7 Å². The maximum absolute atomic E-state index is 5.98. The largest absolute Gasteiger partial charge is 0.380 e. The zero-order valence-electron chi connectivity index (χ0n) is 12.0. The minimum atomic E-state index is 0.486. The average molecular weight is 293 g/mol. The number of anilines is 1. The minimum absolute atomic E-state index is 0.486. The first kappa shape index (κ1) is 15.2. The van der Waals surface area contributed by atoms with E-state index in [0.717, 1.165) is 17.8 Å². The first-order chi connectivity index (χ1) is 9.79. The van der Waals surface area contributed by atoms with Gasteiger partial charge in [0.1, 0.15) is 0 Å². The Bertz CT molecular complexity index is 444. The molecule has 1 aromatic carbocycles. The van der Waals surface area contributed by atoms with Gasteiger partial charge in [0.25, 0.3) is 0 Å². The molecule has 1 heterocycles. The van der Waals surface area contributed by atoms with Crippen molar-refractivity contribution in [3.05, 3.63) is 29.8 Å². The lowest BCUT2D eigenvalue weighted by molar-refractivity contribution is 0.185. The van der Waals surface area contributed by atoms with Gasteiger partial charge in [-0.05, 0) is 24.7 Å². The highest BCUT2D eigenvalue weighted by Gasteiger charge is 2.13. The number of benzene rings is 1. The van der Waals surface area contributed by atoms with Crippen molar-refractivity contribution in [3.8, 4) is 0 Å². The third-order valence-electron chi connectivity index (χ3n) is 3.32. The van der Waals surface area contributed by atoms with Crippen LogP contribution in [0.4, 0.5) is 5.69 Å². The predicted molar refractivity (Wildman–Crippen MR) is 87.4 cm³/mol. The van der Waals surface area contributed by atoms with E-state index in [1.54, 1.807) is 7.11 Å². The van der Waals surface area contributed by atoms with Gasteiger partial charge in [-0.15, -0.1) is 0 Å². The minimum Gasteiger partial charge on any atom is -0.380 e. The van der Waals surface area contributed by atoms with Crippen molar-refractivity contribution in [2.75, 3.05) is 24.7 Å². The maximum atomic E-state index is 5.98. The van der Waals surface area contributed by atoms with Crippen LogP contribution in [-0.2, 0) is 11.3 Å². The van der Waals surface area contributed by atoms with Gasteiger partial charge in [0.2, 0.25) is 0 Å². The van der Waals surface area contributed by atoms with E-state index in [9.17, 15) is 0 Å². The number of aliphatic imine (C=N–C) groups is 1. The molecule has 0 spiro atoms. The van der Waals surface area contributed by atoms with Crippen LogP contribution in [0.3, 0.4) is 0 Å². The summed E-state index contributed by atoms with van der Waals surface area (Å²) >= 11 is 2.01. The Hall–Kier alpha value is -1.20. The van der Waals surface area contributed by atoms with E-state index in [0.29, 0.717) is 17.8 Å². The number of para-hydroxylation sites is 1. The van der Waals surface area contributed by atoms with Crippen LogP contribution >= 0.6 is 11.8 Å². The average Bonchev–Trinajstić information content (AvgIpc) is 2.49. The number of methoxy groups -OCH3 is 1. The van der Waals surface area contributed by atoms with E-state index in [1.807, 2.05) is 36.0 Å². The van der Waals surface area contributed by atoms with E-state index in [4.69, 9.17) is 10.5 Å². The summed E-state index contributed by atoms with van der Waals surface area (Å²) < 4.78 is 5.18. The zero-order chi connectivity index (χ0) is 14.2. The molecule has 1 aliphatic heterocycles. The quantitative estimate of drug-likeness (QED) is 0.647. The van der Waals surface area contributed by atoms with Gasteiger partial charge >= 0.3 is 0 Å². The van der Waals surface area contributed by atoms with Crippen LogP contribution in [0.5, 0.6) is 0 Å². The second-order valence-electron chi connectivity index (χ2n) is 4.93. The number of nitrogens with one attached hydrogen (secondary N) is 1. The number of nitrogens with two attached hydrogens (primary N) is 1. The third kappa shape index (κ3) is 4.72. The lowest BCUT2D eigenvalue weighted by atomic mass is 10.2. The molecule has 0 radical (unpaired) electrons. The molecule has 0 amide bonds. The molecule has 2 rings (SSSR count). The van der Waals surface area contributed by atoms with Gasteiger partial charge in [-0.3, -0.25) is 4.99 Å². The zero-order valence-corrected chi connectivity index (χ0v) is 12.8. The summed E-state index contributed by atoms with van der Waals surface area (Å²) in [5, 5.41) is 3.80. The molecular weight excluding hydrogens is 270 g/mol. The molecule has 1 atom stereocenters. The van der Waals surface area contributed by atoms with Crippen LogP contribution in [0.15, 0.2) is 29.3 Å². The summed E-state index contributed by atoms with van der Waals surface area (Å²) in [6.45, 7) is 1.37. The van der Waals surface area contributed by atoms with E-state index in [1.165, 1.54) is 25.0 Å². The van der Waals surface area contributed by atoms with Crippen molar-refractivity contribution >= 4 is 23.4 Å². The van der Waals surface area contributed by atoms with Crippen molar-refractivity contribution < 1.29 is 4.74 Å². The van der Waals surface area contributed by atoms with Crippen molar-refractivity contribution in [2.45, 2.75) is 31.1 Å². The molecule has 1 fully saturated rings. The van der Waals surface area contributed by atoms with E-state index >= 15 is 0 Å². The van der Waals surface area contributed by atoms with Gasteiger partial charge in [0.15, 0.2) is 5.96 Å². The molecular formula is C15H23N3OS. The monoisotopic (exact) mass is 293 g/mol. The Labute approximate surface area is 125 Å². The smallest absolute Gasteiger partial charge is 0.193 e. The third-order valence-corrected chi connectivity index (χ3v) is 4.70. The van der Waals surface area contributed by atoms with Gasteiger partial charge in [0, 0.05) is 23.6 Å². The van der Waals surface area contributed by atoms with Gasteiger partial charge in [0.05, 0.1) is 13.2 Å². The maximum Gasteiger partial charge on any atom is 0.193 e. The Morgan fingerprint density at radius 3 is 3.05 bits per heavy atom. The first-order valence-electron chi connectivity index (χ1n) is 7.05. The van der Waals surface area contributed by atoms with Crippen molar-refractivity contribution in [1.82, 2.24) is 0 Å². The topological polar surface area (TPSA) is 59.6 Å². The van der Waals surface area contributed by atoms with Gasteiger partial charge in [-0.2, -0.15) is 11.8 Å². The lowest BCUT2D eigenvalue weighted by Gasteiger charge is -2.19. The first-order valence-corrected chi connectivity index (χ1v) is 8.10. The van der Waals surface area contributed by atoms with Gasteiger partial charge in [-0.1, -0.05) is 24.6 Å².